The molecule has 7 nitrogen and oxygen atoms in total. The summed E-state index contributed by atoms with van der Waals surface area (Å²) in [6, 6.07) is 6.60. The van der Waals surface area contributed by atoms with E-state index in [1.807, 2.05) is 6.92 Å². The molecular weight excluding hydrogens is 332 g/mol. The number of benzene rings is 1. The van der Waals surface area contributed by atoms with Crippen molar-refractivity contribution in [2.45, 2.75) is 13.0 Å². The van der Waals surface area contributed by atoms with Crippen LogP contribution in [0.4, 0.5) is 5.69 Å². The van der Waals surface area contributed by atoms with Crippen molar-refractivity contribution in [3.05, 3.63) is 46.7 Å². The van der Waals surface area contributed by atoms with Crippen LogP contribution in [0.25, 0.3) is 0 Å². The van der Waals surface area contributed by atoms with Gasteiger partial charge in [0.2, 0.25) is 12.0 Å². The van der Waals surface area contributed by atoms with E-state index in [4.69, 9.17) is 16.4 Å². The molecule has 1 aromatic carbocycles. The number of fused-ring (bicyclic) bond motifs is 1. The summed E-state index contributed by atoms with van der Waals surface area (Å²) in [6.45, 7) is 1.82. The summed E-state index contributed by atoms with van der Waals surface area (Å²) in [5.74, 6) is -1.57. The van der Waals surface area contributed by atoms with Crippen molar-refractivity contribution in [2.24, 2.45) is 18.1 Å². The minimum atomic E-state index is -0.939. The fourth-order valence-electron chi connectivity index (χ4n) is 3.12. The van der Waals surface area contributed by atoms with Crippen molar-refractivity contribution >= 4 is 34.8 Å². The van der Waals surface area contributed by atoms with Gasteiger partial charge in [-0.1, -0.05) is 22.8 Å². The molecule has 2 unspecified atom stereocenters. The summed E-state index contributed by atoms with van der Waals surface area (Å²) in [5, 5.41) is 8.68. The van der Waals surface area contributed by atoms with Crippen molar-refractivity contribution in [2.75, 3.05) is 4.90 Å². The smallest absolute Gasteiger partial charge is 0.278 e. The maximum absolute atomic E-state index is 12.9. The second-order valence-electron chi connectivity index (χ2n) is 5.77. The van der Waals surface area contributed by atoms with E-state index in [0.717, 1.165) is 10.6 Å². The first kappa shape index (κ1) is 14.9. The molecular formula is C16H13ClN4O3. The molecule has 122 valence electrons. The number of hydrogen-bond donors (Lipinski definition) is 0. The van der Waals surface area contributed by atoms with Crippen LogP contribution in [-0.4, -0.2) is 33.4 Å². The summed E-state index contributed by atoms with van der Waals surface area (Å²) >= 11 is 5.97. The highest BCUT2D eigenvalue weighted by atomic mass is 35.5. The molecule has 0 N–H and O–H groups in total. The fourth-order valence-corrected chi connectivity index (χ4v) is 3.31. The maximum Gasteiger partial charge on any atom is 0.278 e. The first-order chi connectivity index (χ1) is 11.5. The first-order valence-corrected chi connectivity index (χ1v) is 7.73. The maximum atomic E-state index is 12.9. The van der Waals surface area contributed by atoms with Gasteiger partial charge < -0.3 is 4.84 Å². The largest absolute Gasteiger partial charge is 0.381 e. The lowest BCUT2D eigenvalue weighted by Gasteiger charge is -2.15. The van der Waals surface area contributed by atoms with Crippen molar-refractivity contribution in [3.63, 3.8) is 0 Å². The van der Waals surface area contributed by atoms with Crippen LogP contribution in [0.3, 0.4) is 0 Å². The van der Waals surface area contributed by atoms with E-state index in [1.54, 1.807) is 42.2 Å². The third kappa shape index (κ3) is 2.05. The number of amides is 2. The third-order valence-electron chi connectivity index (χ3n) is 4.17. The zero-order chi connectivity index (χ0) is 17.0. The topological polar surface area (TPSA) is 76.8 Å². The highest BCUT2D eigenvalue weighted by Gasteiger charge is 2.56. The van der Waals surface area contributed by atoms with Gasteiger partial charge in [0.25, 0.3) is 5.91 Å². The van der Waals surface area contributed by atoms with Gasteiger partial charge in [-0.2, -0.15) is 5.10 Å². The van der Waals surface area contributed by atoms with Gasteiger partial charge in [-0.15, -0.1) is 0 Å². The van der Waals surface area contributed by atoms with Crippen LogP contribution >= 0.6 is 11.6 Å². The lowest BCUT2D eigenvalue weighted by atomic mass is 9.94. The lowest BCUT2D eigenvalue weighted by Crippen LogP contribution is -2.33. The van der Waals surface area contributed by atoms with E-state index in [0.29, 0.717) is 22.0 Å². The molecule has 4 rings (SSSR count). The Morgan fingerprint density at radius 1 is 1.25 bits per heavy atom. The van der Waals surface area contributed by atoms with Gasteiger partial charge in [0.05, 0.1) is 11.4 Å². The Hall–Kier alpha value is -2.67. The van der Waals surface area contributed by atoms with E-state index in [1.165, 1.54) is 0 Å². The molecule has 0 aliphatic carbocycles. The molecule has 1 fully saturated rings. The minimum Gasteiger partial charge on any atom is -0.381 e. The second kappa shape index (κ2) is 5.17. The highest BCUT2D eigenvalue weighted by molar-refractivity contribution is 6.34. The van der Waals surface area contributed by atoms with Crippen molar-refractivity contribution in [1.29, 1.82) is 0 Å². The van der Waals surface area contributed by atoms with E-state index in [9.17, 15) is 9.59 Å². The number of anilines is 1. The molecule has 3 heterocycles. The first-order valence-electron chi connectivity index (χ1n) is 7.35. The molecule has 0 spiro atoms. The average Bonchev–Trinajstić information content (AvgIpc) is 3.16. The molecule has 0 bridgehead atoms. The Morgan fingerprint density at radius 3 is 2.71 bits per heavy atom. The normalized spacial score (nSPS) is 22.6. The molecule has 0 saturated carbocycles. The van der Waals surface area contributed by atoms with Gasteiger partial charge >= 0.3 is 0 Å². The summed E-state index contributed by atoms with van der Waals surface area (Å²) in [6.07, 6.45) is 0.825. The third-order valence-corrected chi connectivity index (χ3v) is 4.40. The van der Waals surface area contributed by atoms with E-state index < -0.39 is 17.9 Å². The van der Waals surface area contributed by atoms with Gasteiger partial charge in [-0.3, -0.25) is 14.3 Å². The molecule has 2 atom stereocenters. The van der Waals surface area contributed by atoms with Crippen LogP contribution in [0.1, 0.15) is 11.3 Å². The summed E-state index contributed by atoms with van der Waals surface area (Å²) in [5.41, 5.74) is 2.30. The van der Waals surface area contributed by atoms with Crippen LogP contribution in [0.2, 0.25) is 5.02 Å². The molecule has 2 amide bonds. The quantitative estimate of drug-likeness (QED) is 0.777. The van der Waals surface area contributed by atoms with Gasteiger partial charge in [-0.25, -0.2) is 4.90 Å². The van der Waals surface area contributed by atoms with Crippen molar-refractivity contribution < 1.29 is 14.4 Å². The molecule has 2 aromatic rings. The van der Waals surface area contributed by atoms with Crippen molar-refractivity contribution in [1.82, 2.24) is 9.78 Å². The van der Waals surface area contributed by atoms with Gasteiger partial charge in [0, 0.05) is 23.8 Å². The number of carbonyl (C=O) groups excluding carboxylic acids is 2. The van der Waals surface area contributed by atoms with Crippen LogP contribution < -0.4 is 4.90 Å². The van der Waals surface area contributed by atoms with Crippen LogP contribution in [-0.2, 0) is 21.5 Å². The Labute approximate surface area is 142 Å². The highest BCUT2D eigenvalue weighted by Crippen LogP contribution is 2.36. The number of carbonyl (C=O) groups is 2. The molecule has 2 aliphatic heterocycles. The number of aromatic nitrogens is 2. The fraction of sp³-hybridized carbons (Fsp3) is 0.250. The summed E-state index contributed by atoms with van der Waals surface area (Å²) in [4.78, 5) is 31.9. The Kier molecular flexibility index (Phi) is 3.21. The predicted molar refractivity (Wildman–Crippen MR) is 86.8 cm³/mol. The van der Waals surface area contributed by atoms with E-state index in [-0.39, 0.29) is 5.91 Å². The van der Waals surface area contributed by atoms with Crippen LogP contribution in [0.5, 0.6) is 0 Å². The Balaban J connectivity index is 1.74. The van der Waals surface area contributed by atoms with E-state index in [2.05, 4.69) is 10.3 Å². The van der Waals surface area contributed by atoms with Gasteiger partial charge in [0.1, 0.15) is 11.6 Å². The molecule has 24 heavy (non-hydrogen) atoms. The number of imide groups is 1. The Morgan fingerprint density at radius 2 is 2.04 bits per heavy atom. The number of aryl methyl sites for hydroxylation is 2. The average molecular weight is 345 g/mol. The van der Waals surface area contributed by atoms with Crippen LogP contribution in [0, 0.1) is 12.8 Å². The second-order valence-corrected chi connectivity index (χ2v) is 6.21. The zero-order valence-corrected chi connectivity index (χ0v) is 13.7. The standard InChI is InChI=1S/C16H13ClN4O3/c1-8-11(7-20(2)18-8)13-12-14(24-19-13)16(23)21(15(12)22)10-5-3-4-9(17)6-10/h3-7,12,14H,1-2H3. The number of oxime groups is 1. The number of rotatable bonds is 2. The van der Waals surface area contributed by atoms with Gasteiger partial charge in [0.15, 0.2) is 0 Å². The predicted octanol–water partition coefficient (Wildman–Crippen LogP) is 1.67. The molecule has 2 aliphatic rings. The monoisotopic (exact) mass is 344 g/mol. The molecule has 1 saturated heterocycles. The number of nitrogens with zero attached hydrogens (tertiary/aromatic N) is 4. The summed E-state index contributed by atoms with van der Waals surface area (Å²) in [7, 11) is 1.78. The lowest BCUT2D eigenvalue weighted by molar-refractivity contribution is -0.126. The van der Waals surface area contributed by atoms with E-state index >= 15 is 0 Å². The molecule has 1 aromatic heterocycles. The van der Waals surface area contributed by atoms with Crippen molar-refractivity contribution in [3.8, 4) is 0 Å². The summed E-state index contributed by atoms with van der Waals surface area (Å²) < 4.78 is 1.64. The minimum absolute atomic E-state index is 0.369. The Bertz CT molecular complexity index is 904. The molecule has 8 heteroatoms. The molecule has 0 radical (unpaired) electrons. The zero-order valence-electron chi connectivity index (χ0n) is 12.9. The van der Waals surface area contributed by atoms with Crippen LogP contribution in [0.15, 0.2) is 35.6 Å². The van der Waals surface area contributed by atoms with Gasteiger partial charge in [-0.05, 0) is 25.1 Å². The number of halogens is 1. The SMILES string of the molecule is Cc1nn(C)cc1C1=NOC2C(=O)N(c3cccc(Cl)c3)C(=O)C12. The number of hydrogen-bond acceptors (Lipinski definition) is 5.